The fourth-order valence-corrected chi connectivity index (χ4v) is 3.42. The van der Waals surface area contributed by atoms with E-state index in [1.165, 1.54) is 6.07 Å². The maximum absolute atomic E-state index is 11.9. The second kappa shape index (κ2) is 5.00. The molecule has 0 bridgehead atoms. The van der Waals surface area contributed by atoms with Gasteiger partial charge in [0, 0.05) is 4.47 Å². The highest BCUT2D eigenvalue weighted by Crippen LogP contribution is 2.27. The average molecular weight is 370 g/mol. The standard InChI is InChI=1S/C8H6BrClN4O2S2/c9-5-3-4(1-2-6(5)10)14-18(15,16)8-13-12-7(11)17-8/h1-3,14H,(H2,11,12). The number of benzene rings is 1. The molecule has 10 heteroatoms. The molecule has 0 saturated carbocycles. The third-order valence-corrected chi connectivity index (χ3v) is 5.54. The van der Waals surface area contributed by atoms with Crippen molar-refractivity contribution >= 4 is 59.7 Å². The molecule has 0 aliphatic carbocycles. The molecule has 6 nitrogen and oxygen atoms in total. The van der Waals surface area contributed by atoms with E-state index in [-0.39, 0.29) is 9.47 Å². The van der Waals surface area contributed by atoms with Crippen LogP contribution in [0.2, 0.25) is 5.02 Å². The van der Waals surface area contributed by atoms with Crippen molar-refractivity contribution in [2.24, 2.45) is 0 Å². The summed E-state index contributed by atoms with van der Waals surface area (Å²) in [6.45, 7) is 0. The van der Waals surface area contributed by atoms with Gasteiger partial charge >= 0.3 is 0 Å². The van der Waals surface area contributed by atoms with Gasteiger partial charge in [0.15, 0.2) is 0 Å². The Morgan fingerprint density at radius 2 is 2.11 bits per heavy atom. The summed E-state index contributed by atoms with van der Waals surface area (Å²) in [7, 11) is -3.77. The van der Waals surface area contributed by atoms with Crippen LogP contribution in [0.25, 0.3) is 0 Å². The lowest BCUT2D eigenvalue weighted by atomic mass is 10.3. The summed E-state index contributed by atoms with van der Waals surface area (Å²) in [4.78, 5) is 0. The van der Waals surface area contributed by atoms with Crippen LogP contribution in [0.4, 0.5) is 10.8 Å². The number of hydrogen-bond donors (Lipinski definition) is 2. The van der Waals surface area contributed by atoms with E-state index in [1.807, 2.05) is 0 Å². The summed E-state index contributed by atoms with van der Waals surface area (Å²) in [5.41, 5.74) is 5.70. The van der Waals surface area contributed by atoms with Crippen molar-refractivity contribution in [3.05, 3.63) is 27.7 Å². The van der Waals surface area contributed by atoms with Crippen LogP contribution in [0.15, 0.2) is 27.0 Å². The van der Waals surface area contributed by atoms with Crippen molar-refractivity contribution in [2.75, 3.05) is 10.5 Å². The zero-order chi connectivity index (χ0) is 13.3. The minimum Gasteiger partial charge on any atom is -0.374 e. The number of nitrogen functional groups attached to an aromatic ring is 1. The molecule has 0 unspecified atom stereocenters. The highest BCUT2D eigenvalue weighted by Gasteiger charge is 2.19. The number of hydrogen-bond acceptors (Lipinski definition) is 6. The number of halogens is 2. The molecule has 0 aliphatic rings. The van der Waals surface area contributed by atoms with E-state index in [0.29, 0.717) is 15.2 Å². The van der Waals surface area contributed by atoms with E-state index in [0.717, 1.165) is 11.3 Å². The first-order valence-corrected chi connectivity index (χ1v) is 7.92. The Hall–Kier alpha value is -0.900. The van der Waals surface area contributed by atoms with Gasteiger partial charge in [0.05, 0.1) is 10.7 Å². The lowest BCUT2D eigenvalue weighted by Gasteiger charge is -2.05. The third kappa shape index (κ3) is 2.91. The van der Waals surface area contributed by atoms with E-state index >= 15 is 0 Å². The number of aromatic nitrogens is 2. The van der Waals surface area contributed by atoms with E-state index in [4.69, 9.17) is 17.3 Å². The van der Waals surface area contributed by atoms with Gasteiger partial charge in [0.2, 0.25) is 5.13 Å². The van der Waals surface area contributed by atoms with Crippen LogP contribution in [0, 0.1) is 0 Å². The molecule has 1 aromatic heterocycles. The fraction of sp³-hybridized carbons (Fsp3) is 0. The summed E-state index contributed by atoms with van der Waals surface area (Å²) in [5, 5.41) is 7.51. The highest BCUT2D eigenvalue weighted by molar-refractivity contribution is 9.10. The SMILES string of the molecule is Nc1nnc(S(=O)(=O)Nc2ccc(Cl)c(Br)c2)s1. The average Bonchev–Trinajstić information content (AvgIpc) is 2.71. The van der Waals surface area contributed by atoms with Crippen LogP contribution < -0.4 is 10.5 Å². The first-order chi connectivity index (χ1) is 8.38. The summed E-state index contributed by atoms with van der Waals surface area (Å²) < 4.78 is 26.6. The molecule has 18 heavy (non-hydrogen) atoms. The second-order valence-corrected chi connectivity index (χ2v) is 7.27. The Kier molecular flexibility index (Phi) is 3.76. The van der Waals surface area contributed by atoms with Gasteiger partial charge in [-0.2, -0.15) is 8.42 Å². The van der Waals surface area contributed by atoms with Crippen molar-refractivity contribution in [1.82, 2.24) is 10.2 Å². The molecule has 0 amide bonds. The Labute approximate surface area is 120 Å². The Balaban J connectivity index is 2.30. The van der Waals surface area contributed by atoms with E-state index in [1.54, 1.807) is 12.1 Å². The molecule has 2 rings (SSSR count). The van der Waals surface area contributed by atoms with Gasteiger partial charge in [-0.15, -0.1) is 10.2 Å². The predicted molar refractivity (Wildman–Crippen MR) is 74.3 cm³/mol. The van der Waals surface area contributed by atoms with Crippen LogP contribution in [0.5, 0.6) is 0 Å². The van der Waals surface area contributed by atoms with Gasteiger partial charge in [-0.25, -0.2) is 0 Å². The second-order valence-electron chi connectivity index (χ2n) is 3.14. The minimum absolute atomic E-state index is 0.0904. The Morgan fingerprint density at radius 1 is 1.39 bits per heavy atom. The summed E-state index contributed by atoms with van der Waals surface area (Å²) in [5.74, 6) is 0. The molecule has 1 heterocycles. The maximum Gasteiger partial charge on any atom is 0.291 e. The van der Waals surface area contributed by atoms with Gasteiger partial charge < -0.3 is 5.73 Å². The number of nitrogens with one attached hydrogen (secondary N) is 1. The van der Waals surface area contributed by atoms with Crippen molar-refractivity contribution in [1.29, 1.82) is 0 Å². The lowest BCUT2D eigenvalue weighted by Crippen LogP contribution is -2.12. The largest absolute Gasteiger partial charge is 0.374 e. The third-order valence-electron chi connectivity index (χ3n) is 1.82. The van der Waals surface area contributed by atoms with Gasteiger partial charge in [0.25, 0.3) is 14.4 Å². The molecule has 0 saturated heterocycles. The number of sulfonamides is 1. The molecule has 2 aromatic rings. The molecule has 0 spiro atoms. The zero-order valence-corrected chi connectivity index (χ0v) is 12.6. The van der Waals surface area contributed by atoms with Crippen molar-refractivity contribution < 1.29 is 8.42 Å². The van der Waals surface area contributed by atoms with Crippen LogP contribution in [-0.2, 0) is 10.0 Å². The van der Waals surface area contributed by atoms with Crippen LogP contribution in [0.1, 0.15) is 0 Å². The molecule has 1 aromatic carbocycles. The first-order valence-electron chi connectivity index (χ1n) is 4.45. The summed E-state index contributed by atoms with van der Waals surface area (Å²) in [6, 6.07) is 4.65. The van der Waals surface area contributed by atoms with Crippen molar-refractivity contribution in [3.63, 3.8) is 0 Å². The van der Waals surface area contributed by atoms with E-state index in [2.05, 4.69) is 30.8 Å². The molecule has 96 valence electrons. The number of nitrogens with two attached hydrogens (primary N) is 1. The lowest BCUT2D eigenvalue weighted by molar-refractivity contribution is 0.599. The van der Waals surface area contributed by atoms with Gasteiger partial charge in [-0.1, -0.05) is 22.9 Å². The fourth-order valence-electron chi connectivity index (χ4n) is 1.09. The Morgan fingerprint density at radius 3 is 2.67 bits per heavy atom. The van der Waals surface area contributed by atoms with Crippen LogP contribution in [0.3, 0.4) is 0 Å². The summed E-state index contributed by atoms with van der Waals surface area (Å²) in [6.07, 6.45) is 0. The van der Waals surface area contributed by atoms with Crippen LogP contribution >= 0.6 is 38.9 Å². The number of rotatable bonds is 3. The molecule has 3 N–H and O–H groups in total. The van der Waals surface area contributed by atoms with Crippen molar-refractivity contribution in [3.8, 4) is 0 Å². The maximum atomic E-state index is 11.9. The minimum atomic E-state index is -3.77. The topological polar surface area (TPSA) is 98.0 Å². The highest BCUT2D eigenvalue weighted by atomic mass is 79.9. The molecular weight excluding hydrogens is 364 g/mol. The van der Waals surface area contributed by atoms with Crippen LogP contribution in [-0.4, -0.2) is 18.6 Å². The van der Waals surface area contributed by atoms with E-state index in [9.17, 15) is 8.42 Å². The smallest absolute Gasteiger partial charge is 0.291 e. The monoisotopic (exact) mass is 368 g/mol. The van der Waals surface area contributed by atoms with E-state index < -0.39 is 10.0 Å². The normalized spacial score (nSPS) is 11.4. The quantitative estimate of drug-likeness (QED) is 0.865. The molecule has 0 aliphatic heterocycles. The molecule has 0 fully saturated rings. The molecular formula is C8H6BrClN4O2S2. The van der Waals surface area contributed by atoms with Gasteiger partial charge in [-0.3, -0.25) is 4.72 Å². The van der Waals surface area contributed by atoms with Gasteiger partial charge in [-0.05, 0) is 34.1 Å². The first kappa shape index (κ1) is 13.5. The predicted octanol–water partition coefficient (Wildman–Crippen LogP) is 2.34. The number of nitrogens with zero attached hydrogens (tertiary/aromatic N) is 2. The van der Waals surface area contributed by atoms with Crippen molar-refractivity contribution in [2.45, 2.75) is 4.34 Å². The van der Waals surface area contributed by atoms with Gasteiger partial charge in [0.1, 0.15) is 0 Å². The molecule has 0 radical (unpaired) electrons. The zero-order valence-electron chi connectivity index (χ0n) is 8.59. The molecule has 0 atom stereocenters. The summed E-state index contributed by atoms with van der Waals surface area (Å²) >= 11 is 9.80. The Bertz CT molecular complexity index is 688. The number of anilines is 2.